The van der Waals surface area contributed by atoms with Gasteiger partial charge in [-0.2, -0.15) is 0 Å². The minimum atomic E-state index is -0.419. The van der Waals surface area contributed by atoms with E-state index >= 15 is 0 Å². The van der Waals surface area contributed by atoms with Gasteiger partial charge in [0.25, 0.3) is 0 Å². The fraction of sp³-hybridized carbons (Fsp3) is 0.900. The van der Waals surface area contributed by atoms with Crippen molar-refractivity contribution in [2.24, 2.45) is 17.8 Å². The molecule has 0 aliphatic heterocycles. The van der Waals surface area contributed by atoms with Crippen molar-refractivity contribution in [1.29, 1.82) is 0 Å². The molecule has 0 radical (unpaired) electrons. The molecule has 0 spiro atoms. The molecule has 2 aliphatic carbocycles. The molecular formula is C10H16O3. The van der Waals surface area contributed by atoms with Crippen LogP contribution in [0.4, 0.5) is 0 Å². The number of aliphatic hydroxyl groups is 1. The molecule has 13 heavy (non-hydrogen) atoms. The molecule has 0 aromatic heterocycles. The third kappa shape index (κ3) is 1.35. The molecule has 1 N–H and O–H groups in total. The highest BCUT2D eigenvalue weighted by Crippen LogP contribution is 2.49. The zero-order valence-electron chi connectivity index (χ0n) is 8.06. The fourth-order valence-electron chi connectivity index (χ4n) is 2.95. The van der Waals surface area contributed by atoms with E-state index < -0.39 is 6.10 Å². The Labute approximate surface area is 78.1 Å². The van der Waals surface area contributed by atoms with Crippen LogP contribution in [-0.2, 0) is 9.53 Å². The molecule has 2 saturated carbocycles. The first kappa shape index (κ1) is 9.00. The summed E-state index contributed by atoms with van der Waals surface area (Å²) in [7, 11) is 0. The Kier molecular flexibility index (Phi) is 2.06. The van der Waals surface area contributed by atoms with E-state index in [4.69, 9.17) is 4.74 Å². The predicted octanol–water partition coefficient (Wildman–Crippen LogP) is 0.955. The van der Waals surface area contributed by atoms with Gasteiger partial charge in [-0.15, -0.1) is 0 Å². The molecule has 0 saturated heterocycles. The van der Waals surface area contributed by atoms with Gasteiger partial charge in [0, 0.05) is 6.92 Å². The third-order valence-corrected chi connectivity index (χ3v) is 3.52. The average Bonchev–Trinajstić information content (AvgIpc) is 2.51. The Morgan fingerprint density at radius 1 is 1.46 bits per heavy atom. The standard InChI is InChI=1S/C10H16O3/c1-5-3-7-4-8(5)9(12)10(7)13-6(2)11/h5,7-10,12H,3-4H2,1-2H3/t5-,7-,8-,9+,10+/m1/s1. The first-order valence-electron chi connectivity index (χ1n) is 4.95. The van der Waals surface area contributed by atoms with Gasteiger partial charge in [0.05, 0.1) is 6.10 Å². The maximum atomic E-state index is 10.8. The summed E-state index contributed by atoms with van der Waals surface area (Å²) in [4.78, 5) is 10.8. The molecule has 0 amide bonds. The second-order valence-electron chi connectivity index (χ2n) is 4.44. The lowest BCUT2D eigenvalue weighted by molar-refractivity contribution is -0.157. The maximum absolute atomic E-state index is 10.8. The van der Waals surface area contributed by atoms with Crippen LogP contribution < -0.4 is 0 Å². The van der Waals surface area contributed by atoms with Gasteiger partial charge in [-0.05, 0) is 30.6 Å². The van der Waals surface area contributed by atoms with Crippen molar-refractivity contribution < 1.29 is 14.6 Å². The highest BCUT2D eigenvalue weighted by atomic mass is 16.6. The largest absolute Gasteiger partial charge is 0.459 e. The number of carbonyl (C=O) groups is 1. The molecule has 5 atom stereocenters. The van der Waals surface area contributed by atoms with Gasteiger partial charge in [0.2, 0.25) is 0 Å². The number of carbonyl (C=O) groups excluding carboxylic acids is 1. The van der Waals surface area contributed by atoms with E-state index in [1.54, 1.807) is 0 Å². The van der Waals surface area contributed by atoms with E-state index in [0.29, 0.717) is 17.8 Å². The summed E-state index contributed by atoms with van der Waals surface area (Å²) >= 11 is 0. The number of ether oxygens (including phenoxy) is 1. The molecule has 3 heteroatoms. The summed E-state index contributed by atoms with van der Waals surface area (Å²) < 4.78 is 5.12. The van der Waals surface area contributed by atoms with E-state index in [-0.39, 0.29) is 12.1 Å². The van der Waals surface area contributed by atoms with Gasteiger partial charge in [-0.25, -0.2) is 0 Å². The third-order valence-electron chi connectivity index (χ3n) is 3.52. The SMILES string of the molecule is CC(=O)O[C@H]1[C@H]2C[C@@H]([C@@H]1O)[C@H](C)C2. The van der Waals surface area contributed by atoms with Crippen LogP contribution in [0.15, 0.2) is 0 Å². The van der Waals surface area contributed by atoms with Crippen LogP contribution in [0.2, 0.25) is 0 Å². The first-order chi connectivity index (χ1) is 6.09. The average molecular weight is 184 g/mol. The van der Waals surface area contributed by atoms with Gasteiger partial charge in [-0.1, -0.05) is 6.92 Å². The Balaban J connectivity index is 2.05. The van der Waals surface area contributed by atoms with Crippen LogP contribution >= 0.6 is 0 Å². The van der Waals surface area contributed by atoms with Crippen LogP contribution in [-0.4, -0.2) is 23.3 Å². The van der Waals surface area contributed by atoms with Crippen LogP contribution in [0, 0.1) is 17.8 Å². The van der Waals surface area contributed by atoms with Gasteiger partial charge in [0.15, 0.2) is 0 Å². The Hall–Kier alpha value is -0.570. The van der Waals surface area contributed by atoms with Crippen LogP contribution in [0.1, 0.15) is 26.7 Å². The number of esters is 1. The van der Waals surface area contributed by atoms with Crippen molar-refractivity contribution in [3.8, 4) is 0 Å². The summed E-state index contributed by atoms with van der Waals surface area (Å²) in [5, 5.41) is 9.82. The Bertz CT molecular complexity index is 224. The molecule has 0 aromatic rings. The lowest BCUT2D eigenvalue weighted by Crippen LogP contribution is -2.38. The summed E-state index contributed by atoms with van der Waals surface area (Å²) in [6, 6.07) is 0. The van der Waals surface area contributed by atoms with Gasteiger partial charge >= 0.3 is 5.97 Å². The number of aliphatic hydroxyl groups excluding tert-OH is 1. The minimum Gasteiger partial charge on any atom is -0.459 e. The van der Waals surface area contributed by atoms with Crippen LogP contribution in [0.5, 0.6) is 0 Å². The van der Waals surface area contributed by atoms with Gasteiger partial charge < -0.3 is 9.84 Å². The summed E-state index contributed by atoms with van der Waals surface area (Å²) in [6.45, 7) is 3.57. The molecule has 2 bridgehead atoms. The van der Waals surface area contributed by atoms with E-state index in [2.05, 4.69) is 6.92 Å². The van der Waals surface area contributed by atoms with Crippen molar-refractivity contribution >= 4 is 5.97 Å². The molecule has 0 aromatic carbocycles. The summed E-state index contributed by atoms with van der Waals surface area (Å²) in [5.41, 5.74) is 0. The van der Waals surface area contributed by atoms with E-state index in [0.717, 1.165) is 12.8 Å². The zero-order valence-corrected chi connectivity index (χ0v) is 8.06. The number of fused-ring (bicyclic) bond motifs is 2. The van der Waals surface area contributed by atoms with Crippen LogP contribution in [0.25, 0.3) is 0 Å². The molecular weight excluding hydrogens is 168 g/mol. The first-order valence-corrected chi connectivity index (χ1v) is 4.95. The summed E-state index contributed by atoms with van der Waals surface area (Å²) in [6.07, 6.45) is 1.48. The smallest absolute Gasteiger partial charge is 0.303 e. The number of hydrogen-bond acceptors (Lipinski definition) is 3. The van der Waals surface area contributed by atoms with Crippen molar-refractivity contribution in [3.63, 3.8) is 0 Å². The second kappa shape index (κ2) is 2.98. The molecule has 3 nitrogen and oxygen atoms in total. The molecule has 2 fully saturated rings. The highest BCUT2D eigenvalue weighted by molar-refractivity contribution is 5.66. The Morgan fingerprint density at radius 3 is 2.62 bits per heavy atom. The Morgan fingerprint density at radius 2 is 2.15 bits per heavy atom. The molecule has 2 rings (SSSR count). The minimum absolute atomic E-state index is 0.223. The monoisotopic (exact) mass is 184 g/mol. The number of hydrogen-bond donors (Lipinski definition) is 1. The van der Waals surface area contributed by atoms with Gasteiger partial charge in [-0.3, -0.25) is 4.79 Å². The van der Waals surface area contributed by atoms with Gasteiger partial charge in [0.1, 0.15) is 6.10 Å². The highest BCUT2D eigenvalue weighted by Gasteiger charge is 2.52. The lowest BCUT2D eigenvalue weighted by Gasteiger charge is -2.30. The van der Waals surface area contributed by atoms with E-state index in [1.807, 2.05) is 0 Å². The van der Waals surface area contributed by atoms with E-state index in [9.17, 15) is 9.90 Å². The molecule has 2 aliphatic rings. The molecule has 0 heterocycles. The quantitative estimate of drug-likeness (QED) is 0.617. The predicted molar refractivity (Wildman–Crippen MR) is 46.9 cm³/mol. The number of rotatable bonds is 1. The van der Waals surface area contributed by atoms with Crippen molar-refractivity contribution in [2.75, 3.05) is 0 Å². The van der Waals surface area contributed by atoms with Crippen molar-refractivity contribution in [3.05, 3.63) is 0 Å². The lowest BCUT2D eigenvalue weighted by atomic mass is 9.86. The normalized spacial score (nSPS) is 48.1. The topological polar surface area (TPSA) is 46.5 Å². The van der Waals surface area contributed by atoms with Crippen molar-refractivity contribution in [1.82, 2.24) is 0 Å². The molecule has 74 valence electrons. The second-order valence-corrected chi connectivity index (χ2v) is 4.44. The fourth-order valence-corrected chi connectivity index (χ4v) is 2.95. The van der Waals surface area contributed by atoms with Crippen molar-refractivity contribution in [2.45, 2.75) is 38.9 Å². The summed E-state index contributed by atoms with van der Waals surface area (Å²) in [5.74, 6) is 1.07. The van der Waals surface area contributed by atoms with Crippen LogP contribution in [0.3, 0.4) is 0 Å². The zero-order chi connectivity index (χ0) is 9.59. The van der Waals surface area contributed by atoms with E-state index in [1.165, 1.54) is 6.92 Å². The maximum Gasteiger partial charge on any atom is 0.303 e. The molecule has 0 unspecified atom stereocenters.